The van der Waals surface area contributed by atoms with Gasteiger partial charge in [0.15, 0.2) is 27.7 Å². The Bertz CT molecular complexity index is 770. The van der Waals surface area contributed by atoms with Gasteiger partial charge in [-0.05, 0) is 36.4 Å². The summed E-state index contributed by atoms with van der Waals surface area (Å²) in [6, 6.07) is 28.4. The van der Waals surface area contributed by atoms with E-state index < -0.39 is 0 Å². The molecule has 0 radical (unpaired) electrons. The zero-order valence-corrected chi connectivity index (χ0v) is 13.2. The van der Waals surface area contributed by atoms with Crippen molar-refractivity contribution in [3.05, 3.63) is 91.2 Å². The van der Waals surface area contributed by atoms with E-state index in [0.29, 0.717) is 5.75 Å². The normalized spacial score (nSPS) is 10.1. The smallest absolute Gasteiger partial charge is 0.208 e. The van der Waals surface area contributed by atoms with Gasteiger partial charge in [0.25, 0.3) is 0 Å². The minimum Gasteiger partial charge on any atom is -0.448 e. The monoisotopic (exact) mass is 319 g/mol. The first-order chi connectivity index (χ1) is 11.4. The van der Waals surface area contributed by atoms with Gasteiger partial charge in [0, 0.05) is 0 Å². The molecule has 0 aliphatic rings. The van der Waals surface area contributed by atoms with Crippen LogP contribution >= 0.6 is 0 Å². The summed E-state index contributed by atoms with van der Waals surface area (Å²) in [4.78, 5) is 13.9. The number of carbonyl (C=O) groups excluding carboxylic acids is 1. The number of para-hydroxylation sites is 1. The van der Waals surface area contributed by atoms with E-state index >= 15 is 0 Å². The van der Waals surface area contributed by atoms with E-state index in [0.717, 1.165) is 11.2 Å². The minimum atomic E-state index is -0.304. The van der Waals surface area contributed by atoms with Gasteiger partial charge in [0.2, 0.25) is 4.90 Å². The molecule has 0 N–H and O–H groups in total. The van der Waals surface area contributed by atoms with Crippen LogP contribution in [0, 0.1) is 0 Å². The van der Waals surface area contributed by atoms with E-state index in [-0.39, 0.29) is 10.9 Å². The highest BCUT2D eigenvalue weighted by Gasteiger charge is 2.31. The van der Waals surface area contributed by atoms with Crippen LogP contribution in [0.1, 0.15) is 0 Å². The lowest BCUT2D eigenvalue weighted by molar-refractivity contribution is 0.466. The molecule has 112 valence electrons. The highest BCUT2D eigenvalue weighted by Crippen LogP contribution is 2.36. The maximum atomic E-state index is 10.5. The van der Waals surface area contributed by atoms with Gasteiger partial charge in [-0.3, -0.25) is 0 Å². The van der Waals surface area contributed by atoms with Crippen LogP contribution in [0.4, 0.5) is 0 Å². The van der Waals surface area contributed by atoms with Crippen LogP contribution in [0.3, 0.4) is 0 Å². The van der Waals surface area contributed by atoms with Crippen molar-refractivity contribution in [2.24, 2.45) is 0 Å². The first-order valence-electron chi connectivity index (χ1n) is 7.19. The van der Waals surface area contributed by atoms with Crippen molar-refractivity contribution in [3.63, 3.8) is 0 Å². The maximum absolute atomic E-state index is 10.5. The van der Waals surface area contributed by atoms with E-state index in [1.165, 1.54) is 9.79 Å². The molecule has 0 bridgehead atoms. The van der Waals surface area contributed by atoms with Crippen molar-refractivity contribution in [2.45, 2.75) is 14.7 Å². The molecule has 0 atom stereocenters. The molecule has 0 spiro atoms. The summed E-state index contributed by atoms with van der Waals surface area (Å²) in [6.45, 7) is 0. The summed E-state index contributed by atoms with van der Waals surface area (Å²) in [6.07, 6.45) is 1.05. The lowest BCUT2D eigenvalue weighted by Crippen LogP contribution is -2.06. The molecule has 23 heavy (non-hydrogen) atoms. The summed E-state index contributed by atoms with van der Waals surface area (Å²) in [5, 5.41) is 0. The standard InChI is InChI=1S/C20H15O2S/c21-15-16-22-19-13-7-8-14-20(19)23(17-9-3-1-4-10-17)18-11-5-2-6-12-18/h1-14,16H/q+1. The van der Waals surface area contributed by atoms with Crippen LogP contribution < -0.4 is 4.74 Å². The molecule has 0 aliphatic heterocycles. The molecule has 3 rings (SSSR count). The first kappa shape index (κ1) is 15.2. The molecule has 3 aromatic carbocycles. The molecule has 0 saturated heterocycles. The zero-order chi connectivity index (χ0) is 15.9. The van der Waals surface area contributed by atoms with E-state index in [1.807, 2.05) is 60.7 Å². The summed E-state index contributed by atoms with van der Waals surface area (Å²) >= 11 is 0. The molecule has 3 aromatic rings. The predicted molar refractivity (Wildman–Crippen MR) is 92.4 cm³/mol. The highest BCUT2D eigenvalue weighted by atomic mass is 32.2. The lowest BCUT2D eigenvalue weighted by atomic mass is 10.3. The molecule has 0 saturated carbocycles. The number of benzene rings is 3. The second-order valence-electron chi connectivity index (χ2n) is 4.73. The van der Waals surface area contributed by atoms with Crippen molar-refractivity contribution in [2.75, 3.05) is 0 Å². The van der Waals surface area contributed by atoms with Gasteiger partial charge in [-0.25, -0.2) is 4.79 Å². The third-order valence-electron chi connectivity index (χ3n) is 3.26. The van der Waals surface area contributed by atoms with Crippen molar-refractivity contribution in [1.29, 1.82) is 0 Å². The van der Waals surface area contributed by atoms with Crippen LogP contribution in [0.15, 0.2) is 106 Å². The van der Waals surface area contributed by atoms with Crippen LogP contribution in [-0.2, 0) is 15.7 Å². The van der Waals surface area contributed by atoms with Gasteiger partial charge in [-0.15, -0.1) is 0 Å². The number of ether oxygens (including phenoxy) is 1. The van der Waals surface area contributed by atoms with Crippen LogP contribution in [0.25, 0.3) is 0 Å². The Labute approximate surface area is 138 Å². The molecule has 0 unspecified atom stereocenters. The van der Waals surface area contributed by atoms with Crippen LogP contribution in [0.5, 0.6) is 5.75 Å². The lowest BCUT2D eigenvalue weighted by Gasteiger charge is -2.10. The first-order valence-corrected chi connectivity index (χ1v) is 8.42. The summed E-state index contributed by atoms with van der Waals surface area (Å²) in [7, 11) is -0.304. The Morgan fingerprint density at radius 1 is 0.739 bits per heavy atom. The predicted octanol–water partition coefficient (Wildman–Crippen LogP) is 4.51. The molecular weight excluding hydrogens is 304 g/mol. The quantitative estimate of drug-likeness (QED) is 0.393. The molecule has 0 fully saturated rings. The molecule has 0 heterocycles. The summed E-state index contributed by atoms with van der Waals surface area (Å²) in [5.41, 5.74) is 0. The molecule has 0 aliphatic carbocycles. The van der Waals surface area contributed by atoms with Crippen molar-refractivity contribution in [1.82, 2.24) is 0 Å². The Hall–Kier alpha value is -2.74. The average molecular weight is 319 g/mol. The third kappa shape index (κ3) is 3.54. The third-order valence-corrected chi connectivity index (χ3v) is 5.53. The van der Waals surface area contributed by atoms with Crippen molar-refractivity contribution in [3.8, 4) is 5.75 Å². The van der Waals surface area contributed by atoms with Crippen molar-refractivity contribution >= 4 is 16.8 Å². The second-order valence-corrected chi connectivity index (χ2v) is 6.73. The SMILES string of the molecule is O=C=COc1ccccc1[S+](c1ccccc1)c1ccccc1. The summed E-state index contributed by atoms with van der Waals surface area (Å²) < 4.78 is 5.47. The van der Waals surface area contributed by atoms with Crippen LogP contribution in [-0.4, -0.2) is 5.94 Å². The average Bonchev–Trinajstić information content (AvgIpc) is 2.63. The molecule has 2 nitrogen and oxygen atoms in total. The van der Waals surface area contributed by atoms with Gasteiger partial charge >= 0.3 is 0 Å². The number of hydrogen-bond donors (Lipinski definition) is 0. The summed E-state index contributed by atoms with van der Waals surface area (Å²) in [5.74, 6) is 2.34. The van der Waals surface area contributed by atoms with Gasteiger partial charge < -0.3 is 4.74 Å². The van der Waals surface area contributed by atoms with E-state index in [2.05, 4.69) is 24.3 Å². The fraction of sp³-hybridized carbons (Fsp3) is 0. The topological polar surface area (TPSA) is 26.3 Å². The highest BCUT2D eigenvalue weighted by molar-refractivity contribution is 7.97. The van der Waals surface area contributed by atoms with Crippen LogP contribution in [0.2, 0.25) is 0 Å². The molecular formula is C20H15O2S+. The van der Waals surface area contributed by atoms with Gasteiger partial charge in [0.1, 0.15) is 10.9 Å². The Morgan fingerprint density at radius 2 is 1.26 bits per heavy atom. The Balaban J connectivity index is 2.15. The molecule has 3 heteroatoms. The van der Waals surface area contributed by atoms with E-state index in [9.17, 15) is 4.79 Å². The largest absolute Gasteiger partial charge is 0.448 e. The van der Waals surface area contributed by atoms with Crippen molar-refractivity contribution < 1.29 is 9.53 Å². The number of rotatable bonds is 5. The number of hydrogen-bond acceptors (Lipinski definition) is 2. The van der Waals surface area contributed by atoms with E-state index in [4.69, 9.17) is 4.74 Å². The second kappa shape index (κ2) is 7.50. The molecule has 0 amide bonds. The maximum Gasteiger partial charge on any atom is 0.208 e. The van der Waals surface area contributed by atoms with Gasteiger partial charge in [-0.1, -0.05) is 48.5 Å². The van der Waals surface area contributed by atoms with Gasteiger partial charge in [-0.2, -0.15) is 0 Å². The Kier molecular flexibility index (Phi) is 4.95. The minimum absolute atomic E-state index is 0.304. The Morgan fingerprint density at radius 3 is 1.83 bits per heavy atom. The van der Waals surface area contributed by atoms with Gasteiger partial charge in [0.05, 0.1) is 0 Å². The zero-order valence-electron chi connectivity index (χ0n) is 12.4. The van der Waals surface area contributed by atoms with E-state index in [1.54, 1.807) is 5.94 Å². The fourth-order valence-electron chi connectivity index (χ4n) is 2.31. The fourth-order valence-corrected chi connectivity index (χ4v) is 4.48. The molecule has 0 aromatic heterocycles.